The third-order valence-electron chi connectivity index (χ3n) is 5.04. The van der Waals surface area contributed by atoms with E-state index < -0.39 is 0 Å². The molecule has 0 aliphatic carbocycles. The van der Waals surface area contributed by atoms with Gasteiger partial charge in [0.15, 0.2) is 0 Å². The van der Waals surface area contributed by atoms with Crippen molar-refractivity contribution in [1.82, 2.24) is 14.3 Å². The van der Waals surface area contributed by atoms with Gasteiger partial charge in [0.05, 0.1) is 0 Å². The molecular formula is C20H21N3O2S. The quantitative estimate of drug-likeness (QED) is 0.710. The van der Waals surface area contributed by atoms with Crippen molar-refractivity contribution in [1.29, 1.82) is 0 Å². The SMILES string of the molecule is O=C(c1cnc2ccccn2c1=O)N1CCCCC1CCc1cccs1. The summed E-state index contributed by atoms with van der Waals surface area (Å²) in [5, 5.41) is 2.08. The zero-order valence-corrected chi connectivity index (χ0v) is 15.3. The molecule has 3 aromatic rings. The fraction of sp³-hybridized carbons (Fsp3) is 0.350. The van der Waals surface area contributed by atoms with Gasteiger partial charge < -0.3 is 4.90 Å². The lowest BCUT2D eigenvalue weighted by Crippen LogP contribution is -2.45. The number of hydrogen-bond acceptors (Lipinski definition) is 4. The van der Waals surface area contributed by atoms with Crippen molar-refractivity contribution in [2.24, 2.45) is 0 Å². The topological polar surface area (TPSA) is 54.7 Å². The standard InChI is InChI=1S/C20H21N3O2S/c24-19(17-14-21-18-8-2-4-12-23(18)20(17)25)22-11-3-1-6-15(22)9-10-16-7-5-13-26-16/h2,4-5,7-8,12-15H,1,3,6,9-11H2. The van der Waals surface area contributed by atoms with Crippen molar-refractivity contribution < 1.29 is 4.79 Å². The smallest absolute Gasteiger partial charge is 0.270 e. The molecule has 0 aromatic carbocycles. The minimum atomic E-state index is -0.289. The van der Waals surface area contributed by atoms with Gasteiger partial charge in [-0.05, 0) is 55.7 Å². The van der Waals surface area contributed by atoms with Crippen LogP contribution in [0.1, 0.15) is 40.9 Å². The van der Waals surface area contributed by atoms with Crippen LogP contribution in [0.15, 0.2) is 52.9 Å². The lowest BCUT2D eigenvalue weighted by molar-refractivity contribution is 0.0599. The molecule has 1 aliphatic rings. The Bertz CT molecular complexity index is 965. The Morgan fingerprint density at radius 2 is 2.15 bits per heavy atom. The first-order valence-corrected chi connectivity index (χ1v) is 9.92. The third kappa shape index (κ3) is 3.29. The number of pyridine rings is 1. The summed E-state index contributed by atoms with van der Waals surface area (Å²) in [6.07, 6.45) is 8.13. The van der Waals surface area contributed by atoms with Crippen LogP contribution in [0.4, 0.5) is 0 Å². The fourth-order valence-corrected chi connectivity index (χ4v) is 4.38. The second-order valence-electron chi connectivity index (χ2n) is 6.67. The van der Waals surface area contributed by atoms with Crippen molar-refractivity contribution >= 4 is 22.9 Å². The number of likely N-dealkylation sites (tertiary alicyclic amines) is 1. The number of hydrogen-bond donors (Lipinski definition) is 0. The highest BCUT2D eigenvalue weighted by molar-refractivity contribution is 7.09. The van der Waals surface area contributed by atoms with E-state index in [1.807, 2.05) is 11.0 Å². The van der Waals surface area contributed by atoms with Crippen molar-refractivity contribution in [3.63, 3.8) is 0 Å². The summed E-state index contributed by atoms with van der Waals surface area (Å²) in [4.78, 5) is 33.4. The minimum absolute atomic E-state index is 0.164. The number of aryl methyl sites for hydroxylation is 1. The third-order valence-corrected chi connectivity index (χ3v) is 5.97. The molecule has 1 fully saturated rings. The Kier molecular flexibility index (Phi) is 4.84. The number of carbonyl (C=O) groups excluding carboxylic acids is 1. The van der Waals surface area contributed by atoms with Crippen LogP contribution >= 0.6 is 11.3 Å². The van der Waals surface area contributed by atoms with E-state index in [0.717, 1.165) is 32.1 Å². The Labute approximate surface area is 155 Å². The van der Waals surface area contributed by atoms with Crippen LogP contribution in [0.25, 0.3) is 5.65 Å². The molecular weight excluding hydrogens is 346 g/mol. The summed E-state index contributed by atoms with van der Waals surface area (Å²) in [5.74, 6) is -0.184. The molecule has 1 unspecified atom stereocenters. The van der Waals surface area contributed by atoms with E-state index in [2.05, 4.69) is 22.5 Å². The molecule has 4 heterocycles. The molecule has 1 saturated heterocycles. The minimum Gasteiger partial charge on any atom is -0.335 e. The van der Waals surface area contributed by atoms with Crippen molar-refractivity contribution in [3.8, 4) is 0 Å². The highest BCUT2D eigenvalue weighted by Gasteiger charge is 2.29. The van der Waals surface area contributed by atoms with Crippen LogP contribution in [0.3, 0.4) is 0 Å². The van der Waals surface area contributed by atoms with Crippen LogP contribution in [0, 0.1) is 0 Å². The molecule has 1 atom stereocenters. The predicted octanol–water partition coefficient (Wildman–Crippen LogP) is 3.38. The Morgan fingerprint density at radius 1 is 1.23 bits per heavy atom. The molecule has 3 aromatic heterocycles. The van der Waals surface area contributed by atoms with E-state index in [1.165, 1.54) is 15.5 Å². The first kappa shape index (κ1) is 17.0. The molecule has 0 bridgehead atoms. The summed E-state index contributed by atoms with van der Waals surface area (Å²) >= 11 is 1.75. The molecule has 0 spiro atoms. The fourth-order valence-electron chi connectivity index (χ4n) is 3.66. The van der Waals surface area contributed by atoms with Gasteiger partial charge in [-0.1, -0.05) is 12.1 Å². The summed E-state index contributed by atoms with van der Waals surface area (Å²) in [6.45, 7) is 0.713. The van der Waals surface area contributed by atoms with Gasteiger partial charge >= 0.3 is 0 Å². The van der Waals surface area contributed by atoms with Gasteiger partial charge in [-0.2, -0.15) is 0 Å². The average Bonchev–Trinajstić information content (AvgIpc) is 3.20. The van der Waals surface area contributed by atoms with E-state index >= 15 is 0 Å². The molecule has 0 radical (unpaired) electrons. The molecule has 1 aliphatic heterocycles. The highest BCUT2D eigenvalue weighted by Crippen LogP contribution is 2.24. The maximum Gasteiger partial charge on any atom is 0.270 e. The summed E-state index contributed by atoms with van der Waals surface area (Å²) in [5.41, 5.74) is 0.432. The molecule has 0 N–H and O–H groups in total. The second kappa shape index (κ2) is 7.41. The van der Waals surface area contributed by atoms with Crippen LogP contribution < -0.4 is 5.56 Å². The lowest BCUT2D eigenvalue weighted by Gasteiger charge is -2.35. The van der Waals surface area contributed by atoms with Crippen LogP contribution in [0.5, 0.6) is 0 Å². The number of rotatable bonds is 4. The zero-order chi connectivity index (χ0) is 17.9. The number of amides is 1. The largest absolute Gasteiger partial charge is 0.335 e. The summed E-state index contributed by atoms with van der Waals surface area (Å²) in [6, 6.07) is 9.75. The molecule has 0 saturated carbocycles. The van der Waals surface area contributed by atoms with Crippen LogP contribution in [-0.4, -0.2) is 32.8 Å². The van der Waals surface area contributed by atoms with E-state index in [-0.39, 0.29) is 23.1 Å². The monoisotopic (exact) mass is 367 g/mol. The van der Waals surface area contributed by atoms with Crippen molar-refractivity contribution in [3.05, 3.63) is 68.9 Å². The van der Waals surface area contributed by atoms with Gasteiger partial charge in [0, 0.05) is 29.9 Å². The van der Waals surface area contributed by atoms with Gasteiger partial charge in [-0.3, -0.25) is 14.0 Å². The number of carbonyl (C=O) groups is 1. The summed E-state index contributed by atoms with van der Waals surface area (Å²) < 4.78 is 1.44. The Hall–Kier alpha value is -2.47. The normalized spacial score (nSPS) is 17.5. The molecule has 134 valence electrons. The Morgan fingerprint density at radius 3 is 3.00 bits per heavy atom. The van der Waals surface area contributed by atoms with Gasteiger partial charge in [-0.25, -0.2) is 4.98 Å². The highest BCUT2D eigenvalue weighted by atomic mass is 32.1. The number of aromatic nitrogens is 2. The van der Waals surface area contributed by atoms with Gasteiger partial charge in [0.1, 0.15) is 11.2 Å². The number of thiophene rings is 1. The van der Waals surface area contributed by atoms with E-state index in [9.17, 15) is 9.59 Å². The van der Waals surface area contributed by atoms with Crippen LogP contribution in [-0.2, 0) is 6.42 Å². The lowest BCUT2D eigenvalue weighted by atomic mass is 9.97. The molecule has 26 heavy (non-hydrogen) atoms. The van der Waals surface area contributed by atoms with E-state index in [4.69, 9.17) is 0 Å². The van der Waals surface area contributed by atoms with Gasteiger partial charge in [0.25, 0.3) is 11.5 Å². The zero-order valence-electron chi connectivity index (χ0n) is 14.5. The first-order chi connectivity index (χ1) is 12.7. The summed E-state index contributed by atoms with van der Waals surface area (Å²) in [7, 11) is 0. The molecule has 5 nitrogen and oxygen atoms in total. The number of nitrogens with zero attached hydrogens (tertiary/aromatic N) is 3. The van der Waals surface area contributed by atoms with Crippen molar-refractivity contribution in [2.75, 3.05) is 6.54 Å². The predicted molar refractivity (Wildman–Crippen MR) is 103 cm³/mol. The molecule has 4 rings (SSSR count). The first-order valence-electron chi connectivity index (χ1n) is 9.04. The van der Waals surface area contributed by atoms with Gasteiger partial charge in [-0.15, -0.1) is 11.3 Å². The molecule has 1 amide bonds. The number of fused-ring (bicyclic) bond motifs is 1. The van der Waals surface area contributed by atoms with E-state index in [1.54, 1.807) is 29.7 Å². The maximum atomic E-state index is 13.1. The van der Waals surface area contributed by atoms with E-state index in [0.29, 0.717) is 12.2 Å². The number of piperidine rings is 1. The second-order valence-corrected chi connectivity index (χ2v) is 7.70. The van der Waals surface area contributed by atoms with Gasteiger partial charge in [0.2, 0.25) is 0 Å². The Balaban J connectivity index is 1.59. The molecule has 6 heteroatoms. The maximum absolute atomic E-state index is 13.1. The average molecular weight is 367 g/mol. The van der Waals surface area contributed by atoms with Crippen LogP contribution in [0.2, 0.25) is 0 Å². The van der Waals surface area contributed by atoms with Crippen molar-refractivity contribution in [2.45, 2.75) is 38.1 Å².